The summed E-state index contributed by atoms with van der Waals surface area (Å²) in [5.41, 5.74) is 10.5. The highest BCUT2D eigenvalue weighted by Crippen LogP contribution is 2.21. The Kier molecular flexibility index (Phi) is 2.89. The zero-order valence-electron chi connectivity index (χ0n) is 11.8. The highest BCUT2D eigenvalue weighted by atomic mass is 15.3. The van der Waals surface area contributed by atoms with E-state index in [1.807, 2.05) is 23.2 Å². The van der Waals surface area contributed by atoms with E-state index in [1.54, 1.807) is 12.4 Å². The standard InChI is InChI=1S/C13H17N7/c1-4-10-11-12(19(3)18-10)20(13(14)17-11)7-9-6-15-8(2)5-16-9/h5-6H,4,7H2,1-3H3,(H2,14,17). The lowest BCUT2D eigenvalue weighted by molar-refractivity contribution is 0.711. The van der Waals surface area contributed by atoms with Gasteiger partial charge in [0.25, 0.3) is 0 Å². The lowest BCUT2D eigenvalue weighted by Crippen LogP contribution is -2.09. The molecule has 2 N–H and O–H groups in total. The summed E-state index contributed by atoms with van der Waals surface area (Å²) in [6.45, 7) is 4.51. The molecule has 0 aromatic carbocycles. The molecular formula is C13H17N7. The van der Waals surface area contributed by atoms with Gasteiger partial charge in [0.15, 0.2) is 5.65 Å². The average Bonchev–Trinajstić information content (AvgIpc) is 2.91. The highest BCUT2D eigenvalue weighted by molar-refractivity contribution is 5.77. The number of anilines is 1. The van der Waals surface area contributed by atoms with E-state index < -0.39 is 0 Å². The second-order valence-corrected chi connectivity index (χ2v) is 4.80. The molecule has 7 heteroatoms. The van der Waals surface area contributed by atoms with E-state index in [9.17, 15) is 0 Å². The van der Waals surface area contributed by atoms with Crippen molar-refractivity contribution in [2.75, 3.05) is 5.73 Å². The van der Waals surface area contributed by atoms with Crippen molar-refractivity contribution < 1.29 is 0 Å². The summed E-state index contributed by atoms with van der Waals surface area (Å²) >= 11 is 0. The van der Waals surface area contributed by atoms with E-state index in [-0.39, 0.29) is 0 Å². The Morgan fingerprint density at radius 2 is 2.05 bits per heavy atom. The minimum absolute atomic E-state index is 0.477. The minimum Gasteiger partial charge on any atom is -0.369 e. The van der Waals surface area contributed by atoms with Crippen molar-refractivity contribution in [3.8, 4) is 0 Å². The Hall–Kier alpha value is -2.44. The first-order valence-corrected chi connectivity index (χ1v) is 6.55. The van der Waals surface area contributed by atoms with E-state index >= 15 is 0 Å². The molecule has 0 atom stereocenters. The van der Waals surface area contributed by atoms with Crippen LogP contribution >= 0.6 is 0 Å². The molecule has 0 unspecified atom stereocenters. The number of hydrogen-bond donors (Lipinski definition) is 1. The van der Waals surface area contributed by atoms with Crippen molar-refractivity contribution >= 4 is 17.1 Å². The summed E-state index contributed by atoms with van der Waals surface area (Å²) in [7, 11) is 1.90. The van der Waals surface area contributed by atoms with Crippen LogP contribution in [0.1, 0.15) is 24.0 Å². The molecule has 104 valence electrons. The van der Waals surface area contributed by atoms with Gasteiger partial charge in [0.05, 0.1) is 29.8 Å². The van der Waals surface area contributed by atoms with Gasteiger partial charge in [-0.25, -0.2) is 4.98 Å². The maximum Gasteiger partial charge on any atom is 0.202 e. The SMILES string of the molecule is CCc1nn(C)c2c1nc(N)n2Cc1cnc(C)cn1. The maximum atomic E-state index is 6.03. The van der Waals surface area contributed by atoms with Gasteiger partial charge in [-0.05, 0) is 13.3 Å². The lowest BCUT2D eigenvalue weighted by atomic mass is 10.3. The van der Waals surface area contributed by atoms with E-state index in [0.29, 0.717) is 12.5 Å². The fourth-order valence-electron chi connectivity index (χ4n) is 2.32. The molecule has 0 aliphatic rings. The van der Waals surface area contributed by atoms with E-state index in [0.717, 1.165) is 34.7 Å². The first-order valence-electron chi connectivity index (χ1n) is 6.55. The number of nitrogen functional groups attached to an aromatic ring is 1. The normalized spacial score (nSPS) is 11.3. The van der Waals surface area contributed by atoms with E-state index in [4.69, 9.17) is 5.73 Å². The predicted octanol–water partition coefficient (Wildman–Crippen LogP) is 1.06. The topological polar surface area (TPSA) is 87.4 Å². The Morgan fingerprint density at radius 1 is 1.25 bits per heavy atom. The molecular weight excluding hydrogens is 254 g/mol. The van der Waals surface area contributed by atoms with Gasteiger partial charge in [0.2, 0.25) is 5.95 Å². The molecule has 3 aromatic rings. The van der Waals surface area contributed by atoms with Crippen LogP contribution in [0.25, 0.3) is 11.2 Å². The number of nitrogens with two attached hydrogens (primary N) is 1. The van der Waals surface area contributed by atoms with Crippen molar-refractivity contribution in [3.63, 3.8) is 0 Å². The van der Waals surface area contributed by atoms with Crippen molar-refractivity contribution in [1.29, 1.82) is 0 Å². The molecule has 3 aromatic heterocycles. The van der Waals surface area contributed by atoms with Crippen molar-refractivity contribution in [2.45, 2.75) is 26.8 Å². The number of aromatic nitrogens is 6. The first-order chi connectivity index (χ1) is 9.60. The van der Waals surface area contributed by atoms with Crippen molar-refractivity contribution in [1.82, 2.24) is 29.3 Å². The van der Waals surface area contributed by atoms with Crippen LogP contribution in [0.15, 0.2) is 12.4 Å². The van der Waals surface area contributed by atoms with Crippen LogP contribution in [0, 0.1) is 6.92 Å². The van der Waals surface area contributed by atoms with Crippen LogP contribution in [0.3, 0.4) is 0 Å². The first kappa shape index (κ1) is 12.6. The van der Waals surface area contributed by atoms with Crippen LogP contribution in [-0.2, 0) is 20.0 Å². The fraction of sp³-hybridized carbons (Fsp3) is 0.385. The zero-order chi connectivity index (χ0) is 14.3. The van der Waals surface area contributed by atoms with Crippen LogP contribution in [0.5, 0.6) is 0 Å². The van der Waals surface area contributed by atoms with Gasteiger partial charge in [0.1, 0.15) is 5.52 Å². The summed E-state index contributed by atoms with van der Waals surface area (Å²) in [4.78, 5) is 13.0. The molecule has 0 aliphatic carbocycles. The summed E-state index contributed by atoms with van der Waals surface area (Å²) in [5.74, 6) is 0.477. The summed E-state index contributed by atoms with van der Waals surface area (Å²) in [5, 5.41) is 4.47. The number of nitrogens with zero attached hydrogens (tertiary/aromatic N) is 6. The largest absolute Gasteiger partial charge is 0.369 e. The second kappa shape index (κ2) is 4.59. The zero-order valence-corrected chi connectivity index (χ0v) is 11.8. The highest BCUT2D eigenvalue weighted by Gasteiger charge is 2.17. The third kappa shape index (κ3) is 1.91. The minimum atomic E-state index is 0.477. The van der Waals surface area contributed by atoms with Gasteiger partial charge in [0, 0.05) is 13.2 Å². The van der Waals surface area contributed by atoms with E-state index in [1.165, 1.54) is 0 Å². The van der Waals surface area contributed by atoms with Gasteiger partial charge < -0.3 is 5.73 Å². The predicted molar refractivity (Wildman–Crippen MR) is 76.2 cm³/mol. The molecule has 0 spiro atoms. The molecule has 0 saturated heterocycles. The molecule has 3 rings (SSSR count). The van der Waals surface area contributed by atoms with Crippen LogP contribution in [-0.4, -0.2) is 29.3 Å². The Labute approximate surface area is 116 Å². The molecule has 0 fully saturated rings. The second-order valence-electron chi connectivity index (χ2n) is 4.80. The maximum absolute atomic E-state index is 6.03. The number of fused-ring (bicyclic) bond motifs is 1. The molecule has 0 saturated carbocycles. The number of aryl methyl sites for hydroxylation is 3. The third-order valence-electron chi connectivity index (χ3n) is 3.31. The van der Waals surface area contributed by atoms with Crippen molar-refractivity contribution in [3.05, 3.63) is 29.5 Å². The van der Waals surface area contributed by atoms with Gasteiger partial charge in [-0.2, -0.15) is 5.10 Å². The smallest absolute Gasteiger partial charge is 0.202 e. The van der Waals surface area contributed by atoms with Gasteiger partial charge in [-0.3, -0.25) is 19.2 Å². The monoisotopic (exact) mass is 271 g/mol. The lowest BCUT2D eigenvalue weighted by Gasteiger charge is -2.06. The summed E-state index contributed by atoms with van der Waals surface area (Å²) in [6.07, 6.45) is 4.34. The molecule has 0 bridgehead atoms. The number of imidazole rings is 1. The van der Waals surface area contributed by atoms with Gasteiger partial charge in [-0.1, -0.05) is 6.92 Å². The van der Waals surface area contributed by atoms with Gasteiger partial charge >= 0.3 is 0 Å². The molecule has 0 amide bonds. The molecule has 20 heavy (non-hydrogen) atoms. The molecule has 3 heterocycles. The summed E-state index contributed by atoms with van der Waals surface area (Å²) in [6, 6.07) is 0. The average molecular weight is 271 g/mol. The fourth-order valence-corrected chi connectivity index (χ4v) is 2.32. The van der Waals surface area contributed by atoms with Crippen LogP contribution < -0.4 is 5.73 Å². The Morgan fingerprint density at radius 3 is 2.70 bits per heavy atom. The third-order valence-corrected chi connectivity index (χ3v) is 3.31. The van der Waals surface area contributed by atoms with Crippen LogP contribution in [0.2, 0.25) is 0 Å². The van der Waals surface area contributed by atoms with E-state index in [2.05, 4.69) is 27.0 Å². The Bertz CT molecular complexity index is 751. The Balaban J connectivity index is 2.09. The van der Waals surface area contributed by atoms with Crippen LogP contribution in [0.4, 0.5) is 5.95 Å². The number of rotatable bonds is 3. The van der Waals surface area contributed by atoms with Crippen molar-refractivity contribution in [2.24, 2.45) is 7.05 Å². The number of hydrogen-bond acceptors (Lipinski definition) is 5. The van der Waals surface area contributed by atoms with Gasteiger partial charge in [-0.15, -0.1) is 0 Å². The molecule has 0 radical (unpaired) electrons. The summed E-state index contributed by atoms with van der Waals surface area (Å²) < 4.78 is 3.74. The quantitative estimate of drug-likeness (QED) is 0.769. The molecule has 7 nitrogen and oxygen atoms in total. The molecule has 0 aliphatic heterocycles.